The van der Waals surface area contributed by atoms with Crippen LogP contribution in [0, 0.1) is 20.8 Å². The standard InChI is InChI=1S/C18H23N3O5/c1-10-6-11(2)15(12(3)7-10)19-13(22)9-26-14(23)8-21-16(24)18(4,5)20-17(21)25/h6-7H,8-9H2,1-5H3,(H,19,22)(H,20,25). The third-order valence-electron chi connectivity index (χ3n) is 4.04. The molecular formula is C18H23N3O5. The molecule has 0 unspecified atom stereocenters. The molecule has 1 saturated heterocycles. The molecule has 8 heteroatoms. The number of carbonyl (C=O) groups is 4. The number of ether oxygens (including phenoxy) is 1. The van der Waals surface area contributed by atoms with Crippen LogP contribution in [0.5, 0.6) is 0 Å². The summed E-state index contributed by atoms with van der Waals surface area (Å²) in [7, 11) is 0. The van der Waals surface area contributed by atoms with Crippen LogP contribution < -0.4 is 10.6 Å². The summed E-state index contributed by atoms with van der Waals surface area (Å²) in [6.07, 6.45) is 0. The quantitative estimate of drug-likeness (QED) is 0.610. The first-order valence-corrected chi connectivity index (χ1v) is 8.18. The van der Waals surface area contributed by atoms with Crippen LogP contribution in [-0.4, -0.2) is 47.4 Å². The van der Waals surface area contributed by atoms with Crippen molar-refractivity contribution in [3.05, 3.63) is 28.8 Å². The normalized spacial score (nSPS) is 15.7. The van der Waals surface area contributed by atoms with Crippen molar-refractivity contribution >= 4 is 29.5 Å². The van der Waals surface area contributed by atoms with Gasteiger partial charge in [-0.15, -0.1) is 0 Å². The number of benzene rings is 1. The Morgan fingerprint density at radius 2 is 1.73 bits per heavy atom. The molecule has 140 valence electrons. The van der Waals surface area contributed by atoms with E-state index in [9.17, 15) is 19.2 Å². The van der Waals surface area contributed by atoms with Crippen LogP contribution >= 0.6 is 0 Å². The molecule has 0 saturated carbocycles. The second kappa shape index (κ2) is 7.15. The SMILES string of the molecule is Cc1cc(C)c(NC(=O)COC(=O)CN2C(=O)NC(C)(C)C2=O)c(C)c1. The lowest BCUT2D eigenvalue weighted by molar-refractivity contribution is -0.150. The van der Waals surface area contributed by atoms with Gasteiger partial charge in [0.2, 0.25) is 0 Å². The van der Waals surface area contributed by atoms with Gasteiger partial charge in [0.15, 0.2) is 6.61 Å². The number of aryl methyl sites for hydroxylation is 3. The maximum absolute atomic E-state index is 12.0. The van der Waals surface area contributed by atoms with Crippen LogP contribution in [0.1, 0.15) is 30.5 Å². The van der Waals surface area contributed by atoms with Crippen LogP contribution in [0.2, 0.25) is 0 Å². The molecule has 1 aliphatic heterocycles. The average Bonchev–Trinajstić information content (AvgIpc) is 2.70. The predicted molar refractivity (Wildman–Crippen MR) is 94.6 cm³/mol. The summed E-state index contributed by atoms with van der Waals surface area (Å²) < 4.78 is 4.88. The molecule has 8 nitrogen and oxygen atoms in total. The highest BCUT2D eigenvalue weighted by molar-refractivity contribution is 6.08. The van der Waals surface area contributed by atoms with Crippen molar-refractivity contribution < 1.29 is 23.9 Å². The average molecular weight is 361 g/mol. The number of amides is 4. The lowest BCUT2D eigenvalue weighted by atomic mass is 10.1. The molecule has 1 aromatic rings. The summed E-state index contributed by atoms with van der Waals surface area (Å²) in [6.45, 7) is 7.76. The molecule has 1 heterocycles. The topological polar surface area (TPSA) is 105 Å². The van der Waals surface area contributed by atoms with Gasteiger partial charge in [0.25, 0.3) is 11.8 Å². The first-order valence-electron chi connectivity index (χ1n) is 8.18. The molecule has 1 fully saturated rings. The highest BCUT2D eigenvalue weighted by Gasteiger charge is 2.45. The molecule has 0 aliphatic carbocycles. The number of urea groups is 1. The Bertz CT molecular complexity index is 762. The Morgan fingerprint density at radius 1 is 1.15 bits per heavy atom. The zero-order valence-corrected chi connectivity index (χ0v) is 15.6. The molecule has 2 rings (SSSR count). The van der Waals surface area contributed by atoms with E-state index in [0.717, 1.165) is 21.6 Å². The lowest BCUT2D eigenvalue weighted by Gasteiger charge is -2.15. The minimum atomic E-state index is -1.06. The van der Waals surface area contributed by atoms with E-state index in [1.165, 1.54) is 13.8 Å². The molecule has 1 aromatic carbocycles. The van der Waals surface area contributed by atoms with Crippen molar-refractivity contribution in [1.29, 1.82) is 0 Å². The van der Waals surface area contributed by atoms with E-state index in [0.29, 0.717) is 5.69 Å². The largest absolute Gasteiger partial charge is 0.454 e. The summed E-state index contributed by atoms with van der Waals surface area (Å²) >= 11 is 0. The van der Waals surface area contributed by atoms with Crippen molar-refractivity contribution in [3.8, 4) is 0 Å². The number of hydrogen-bond donors (Lipinski definition) is 2. The van der Waals surface area contributed by atoms with Crippen LogP contribution in [0.15, 0.2) is 12.1 Å². The summed E-state index contributed by atoms with van der Waals surface area (Å²) in [4.78, 5) is 48.4. The molecule has 0 atom stereocenters. The fraction of sp³-hybridized carbons (Fsp3) is 0.444. The van der Waals surface area contributed by atoms with Gasteiger partial charge in [-0.05, 0) is 45.7 Å². The van der Waals surface area contributed by atoms with Crippen LogP contribution in [0.3, 0.4) is 0 Å². The second-order valence-electron chi connectivity index (χ2n) is 6.93. The van der Waals surface area contributed by atoms with E-state index in [-0.39, 0.29) is 0 Å². The molecule has 4 amide bonds. The van der Waals surface area contributed by atoms with Crippen molar-refractivity contribution in [2.45, 2.75) is 40.2 Å². The smallest absolute Gasteiger partial charge is 0.326 e. The highest BCUT2D eigenvalue weighted by Crippen LogP contribution is 2.21. The van der Waals surface area contributed by atoms with E-state index in [1.807, 2.05) is 32.9 Å². The Morgan fingerprint density at radius 3 is 2.23 bits per heavy atom. The third kappa shape index (κ3) is 4.19. The molecule has 0 radical (unpaired) electrons. The van der Waals surface area contributed by atoms with E-state index in [2.05, 4.69) is 10.6 Å². The Kier molecular flexibility index (Phi) is 5.34. The number of esters is 1. The third-order valence-corrected chi connectivity index (χ3v) is 4.04. The van der Waals surface area contributed by atoms with Crippen molar-refractivity contribution in [1.82, 2.24) is 10.2 Å². The fourth-order valence-corrected chi connectivity index (χ4v) is 2.83. The number of nitrogens with zero attached hydrogens (tertiary/aromatic N) is 1. The van der Waals surface area contributed by atoms with Crippen molar-refractivity contribution in [2.75, 3.05) is 18.5 Å². The molecule has 0 bridgehead atoms. The van der Waals surface area contributed by atoms with Crippen molar-refractivity contribution in [2.24, 2.45) is 0 Å². The van der Waals surface area contributed by atoms with Crippen LogP contribution in [0.25, 0.3) is 0 Å². The van der Waals surface area contributed by atoms with Crippen LogP contribution in [0.4, 0.5) is 10.5 Å². The van der Waals surface area contributed by atoms with Crippen molar-refractivity contribution in [3.63, 3.8) is 0 Å². The van der Waals surface area contributed by atoms with E-state index >= 15 is 0 Å². The van der Waals surface area contributed by atoms with Gasteiger partial charge in [0.05, 0.1) is 0 Å². The monoisotopic (exact) mass is 361 g/mol. The van der Waals surface area contributed by atoms with Gasteiger partial charge >= 0.3 is 12.0 Å². The van der Waals surface area contributed by atoms with Gasteiger partial charge in [-0.3, -0.25) is 19.3 Å². The maximum Gasteiger partial charge on any atom is 0.326 e. The molecule has 0 spiro atoms. The maximum atomic E-state index is 12.0. The van der Waals surface area contributed by atoms with E-state index in [4.69, 9.17) is 4.74 Å². The van der Waals surface area contributed by atoms with Gasteiger partial charge in [0, 0.05) is 5.69 Å². The zero-order valence-electron chi connectivity index (χ0n) is 15.6. The number of imide groups is 1. The Labute approximate surface area is 151 Å². The number of rotatable bonds is 5. The summed E-state index contributed by atoms with van der Waals surface area (Å²) in [5.41, 5.74) is 2.51. The number of carbonyl (C=O) groups excluding carboxylic acids is 4. The predicted octanol–water partition coefficient (Wildman–Crippen LogP) is 1.42. The Hall–Kier alpha value is -2.90. The van der Waals surface area contributed by atoms with E-state index in [1.54, 1.807) is 0 Å². The summed E-state index contributed by atoms with van der Waals surface area (Å²) in [5.74, 6) is -1.85. The fourth-order valence-electron chi connectivity index (χ4n) is 2.83. The lowest BCUT2D eigenvalue weighted by Crippen LogP contribution is -2.41. The van der Waals surface area contributed by atoms with Gasteiger partial charge < -0.3 is 15.4 Å². The highest BCUT2D eigenvalue weighted by atomic mass is 16.5. The number of anilines is 1. The molecule has 2 N–H and O–H groups in total. The Balaban J connectivity index is 1.89. The molecule has 0 aromatic heterocycles. The van der Waals surface area contributed by atoms with Crippen LogP contribution in [-0.2, 0) is 19.1 Å². The molecule has 1 aliphatic rings. The summed E-state index contributed by atoms with van der Waals surface area (Å²) in [5, 5.41) is 5.17. The molecule has 26 heavy (non-hydrogen) atoms. The first kappa shape index (κ1) is 19.4. The first-order chi connectivity index (χ1) is 12.0. The minimum Gasteiger partial charge on any atom is -0.454 e. The second-order valence-corrected chi connectivity index (χ2v) is 6.93. The van der Waals surface area contributed by atoms with Gasteiger partial charge in [-0.1, -0.05) is 17.7 Å². The summed E-state index contributed by atoms with van der Waals surface area (Å²) in [6, 6.07) is 3.22. The number of nitrogens with one attached hydrogen (secondary N) is 2. The zero-order chi connectivity index (χ0) is 19.6. The minimum absolute atomic E-state index is 0.495. The van der Waals surface area contributed by atoms with Gasteiger partial charge in [-0.2, -0.15) is 0 Å². The van der Waals surface area contributed by atoms with Gasteiger partial charge in [-0.25, -0.2) is 4.79 Å². The van der Waals surface area contributed by atoms with Gasteiger partial charge in [0.1, 0.15) is 12.1 Å². The number of hydrogen-bond acceptors (Lipinski definition) is 5. The molecular weight excluding hydrogens is 338 g/mol. The van der Waals surface area contributed by atoms with E-state index < -0.39 is 42.5 Å².